The van der Waals surface area contributed by atoms with Crippen molar-refractivity contribution in [3.8, 4) is 5.69 Å². The predicted molar refractivity (Wildman–Crippen MR) is 87.4 cm³/mol. The lowest BCUT2D eigenvalue weighted by molar-refractivity contribution is -0.143. The van der Waals surface area contributed by atoms with Crippen molar-refractivity contribution in [3.63, 3.8) is 0 Å². The minimum absolute atomic E-state index is 0.0107. The van der Waals surface area contributed by atoms with Crippen LogP contribution in [0.3, 0.4) is 0 Å². The molecule has 2 aromatic rings. The van der Waals surface area contributed by atoms with Gasteiger partial charge >= 0.3 is 17.8 Å². The Hall–Kier alpha value is -3.15. The van der Waals surface area contributed by atoms with Gasteiger partial charge in [0, 0.05) is 6.07 Å². The van der Waals surface area contributed by atoms with Crippen LogP contribution in [0, 0.1) is 5.82 Å². The number of hydrogen-bond donors (Lipinski definition) is 1. The summed E-state index contributed by atoms with van der Waals surface area (Å²) < 4.78 is 57.0. The second-order valence-electron chi connectivity index (χ2n) is 5.42. The summed E-state index contributed by atoms with van der Waals surface area (Å²) >= 11 is 5.73. The average molecular weight is 424 g/mol. The van der Waals surface area contributed by atoms with Gasteiger partial charge in [-0.1, -0.05) is 11.6 Å². The summed E-state index contributed by atoms with van der Waals surface area (Å²) in [5.41, 5.74) is -6.45. The number of carbonyl (C=O) groups excluding carboxylic acids is 2. The summed E-state index contributed by atoms with van der Waals surface area (Å²) in [6, 6.07) is 1.16. The Balaban J connectivity index is 2.70. The number of ketones is 1. The van der Waals surface area contributed by atoms with Crippen molar-refractivity contribution in [2.75, 3.05) is 12.4 Å². The summed E-state index contributed by atoms with van der Waals surface area (Å²) in [7, 11) is 0. The maximum atomic E-state index is 14.3. The van der Waals surface area contributed by atoms with E-state index in [1.807, 2.05) is 0 Å². The molecule has 0 aliphatic heterocycles. The number of nitrogens with zero attached hydrogens (tertiary/aromatic N) is 2. The smallest absolute Gasteiger partial charge is 0.433 e. The van der Waals surface area contributed by atoms with E-state index in [0.717, 1.165) is 6.92 Å². The highest BCUT2D eigenvalue weighted by atomic mass is 35.5. The van der Waals surface area contributed by atoms with E-state index in [1.54, 1.807) is 0 Å². The molecule has 150 valence electrons. The Kier molecular flexibility index (Phi) is 5.64. The Bertz CT molecular complexity index is 1090. The number of alkyl halides is 3. The number of nitrogen functional groups attached to an aromatic ring is 1. The van der Waals surface area contributed by atoms with Crippen molar-refractivity contribution in [1.82, 2.24) is 9.24 Å². The molecule has 8 nitrogen and oxygen atoms in total. The third kappa shape index (κ3) is 4.06. The molecule has 0 saturated carbocycles. The zero-order valence-electron chi connectivity index (χ0n) is 13.8. The number of carbonyl (C=O) groups is 2. The molecule has 0 aliphatic rings. The van der Waals surface area contributed by atoms with Gasteiger partial charge in [0.1, 0.15) is 12.4 Å². The first-order chi connectivity index (χ1) is 12.8. The largest absolute Gasteiger partial charge is 0.454 e. The molecule has 0 radical (unpaired) electrons. The molecule has 1 heterocycles. The normalized spacial score (nSPS) is 11.4. The first-order valence-corrected chi connectivity index (χ1v) is 7.59. The maximum Gasteiger partial charge on any atom is 0.433 e. The summed E-state index contributed by atoms with van der Waals surface area (Å²) in [5, 5.41) is -0.483. The van der Waals surface area contributed by atoms with E-state index in [1.165, 1.54) is 0 Å². The molecule has 28 heavy (non-hydrogen) atoms. The van der Waals surface area contributed by atoms with Crippen molar-refractivity contribution in [3.05, 3.63) is 61.1 Å². The molecule has 0 unspecified atom stereocenters. The molecule has 0 spiro atoms. The van der Waals surface area contributed by atoms with Crippen LogP contribution >= 0.6 is 11.6 Å². The molecule has 0 amide bonds. The lowest BCUT2D eigenvalue weighted by Crippen LogP contribution is -2.45. The van der Waals surface area contributed by atoms with Gasteiger partial charge < -0.3 is 10.6 Å². The van der Waals surface area contributed by atoms with E-state index >= 15 is 0 Å². The molecule has 0 atom stereocenters. The monoisotopic (exact) mass is 423 g/mol. The fourth-order valence-corrected chi connectivity index (χ4v) is 2.33. The van der Waals surface area contributed by atoms with E-state index in [0.29, 0.717) is 12.1 Å². The van der Waals surface area contributed by atoms with Crippen LogP contribution in [0.4, 0.5) is 17.6 Å². The van der Waals surface area contributed by atoms with Gasteiger partial charge in [-0.15, -0.1) is 0 Å². The number of halogens is 5. The van der Waals surface area contributed by atoms with Crippen LogP contribution < -0.4 is 17.1 Å². The number of ether oxygens (including phenoxy) is 1. The number of hydrogen-bond acceptors (Lipinski definition) is 6. The van der Waals surface area contributed by atoms with Crippen LogP contribution in [-0.4, -0.2) is 27.6 Å². The van der Waals surface area contributed by atoms with E-state index < -0.39 is 63.6 Å². The summed E-state index contributed by atoms with van der Waals surface area (Å²) in [5.74, 6) is 2.08. The highest BCUT2D eigenvalue weighted by Crippen LogP contribution is 2.27. The molecule has 1 aromatic heterocycles. The minimum atomic E-state index is -5.12. The number of aromatic nitrogens is 2. The third-order valence-electron chi connectivity index (χ3n) is 3.33. The van der Waals surface area contributed by atoms with Crippen LogP contribution in [0.15, 0.2) is 27.8 Å². The van der Waals surface area contributed by atoms with E-state index in [9.17, 15) is 36.7 Å². The fraction of sp³-hybridized carbons (Fsp3) is 0.200. The van der Waals surface area contributed by atoms with Gasteiger partial charge in [-0.25, -0.2) is 23.2 Å². The molecule has 1 aromatic carbocycles. The van der Waals surface area contributed by atoms with Crippen LogP contribution in [0.2, 0.25) is 5.02 Å². The van der Waals surface area contributed by atoms with Crippen LogP contribution in [0.5, 0.6) is 0 Å². The quantitative estimate of drug-likeness (QED) is 0.450. The Morgan fingerprint density at radius 2 is 1.82 bits per heavy atom. The Morgan fingerprint density at radius 3 is 2.36 bits per heavy atom. The summed E-state index contributed by atoms with van der Waals surface area (Å²) in [4.78, 5) is 47.0. The Labute approximate surface area is 157 Å². The van der Waals surface area contributed by atoms with Gasteiger partial charge in [0.05, 0.1) is 16.3 Å². The molecular weight excluding hydrogens is 414 g/mol. The predicted octanol–water partition coefficient (Wildman–Crippen LogP) is 1.27. The van der Waals surface area contributed by atoms with Gasteiger partial charge in [0.2, 0.25) is 0 Å². The fourth-order valence-electron chi connectivity index (χ4n) is 2.11. The minimum Gasteiger partial charge on any atom is -0.454 e. The third-order valence-corrected chi connectivity index (χ3v) is 3.64. The topological polar surface area (TPSA) is 113 Å². The number of nitrogens with two attached hydrogens (primary N) is 1. The van der Waals surface area contributed by atoms with E-state index in [4.69, 9.17) is 17.4 Å². The molecule has 2 N–H and O–H groups in total. The highest BCUT2D eigenvalue weighted by molar-refractivity contribution is 6.33. The van der Waals surface area contributed by atoms with Crippen LogP contribution in [-0.2, 0) is 15.7 Å². The summed E-state index contributed by atoms with van der Waals surface area (Å²) in [6.45, 7) is 0.494. The Morgan fingerprint density at radius 1 is 1.21 bits per heavy atom. The van der Waals surface area contributed by atoms with Gasteiger partial charge in [0.15, 0.2) is 11.5 Å². The van der Waals surface area contributed by atoms with Crippen molar-refractivity contribution >= 4 is 23.4 Å². The van der Waals surface area contributed by atoms with E-state index in [-0.39, 0.29) is 15.3 Å². The SMILES string of the molecule is CC(=O)COC(=O)c1cc(-n2c(=O)cc(C(F)(F)F)n(N)c2=O)c(F)cc1Cl. The van der Waals surface area contributed by atoms with Gasteiger partial charge in [-0.05, 0) is 19.1 Å². The zero-order valence-corrected chi connectivity index (χ0v) is 14.6. The molecule has 13 heteroatoms. The zero-order chi connectivity index (χ0) is 21.4. The number of esters is 1. The lowest BCUT2D eigenvalue weighted by Gasteiger charge is -2.14. The first kappa shape index (κ1) is 21.2. The van der Waals surface area contributed by atoms with Crippen molar-refractivity contribution < 1.29 is 31.9 Å². The van der Waals surface area contributed by atoms with Crippen molar-refractivity contribution in [2.24, 2.45) is 0 Å². The molecular formula is C15H10ClF4N3O5. The standard InChI is InChI=1S/C15H10ClF4N3O5/c1-6(24)5-28-13(26)7-2-10(9(17)3-8(7)16)22-12(25)4-11(15(18,19)20)23(21)14(22)27/h2-4H,5,21H2,1H3. The number of Topliss-reactive ketones (excluding diaryl/α,β-unsaturated/α-hetero) is 1. The van der Waals surface area contributed by atoms with Crippen LogP contribution in [0.1, 0.15) is 23.0 Å². The lowest BCUT2D eigenvalue weighted by atomic mass is 10.2. The second kappa shape index (κ2) is 7.46. The summed E-state index contributed by atoms with van der Waals surface area (Å²) in [6.07, 6.45) is -5.12. The molecule has 2 rings (SSSR count). The van der Waals surface area contributed by atoms with Gasteiger partial charge in [-0.3, -0.25) is 9.59 Å². The van der Waals surface area contributed by atoms with Crippen molar-refractivity contribution in [1.29, 1.82) is 0 Å². The molecule has 0 bridgehead atoms. The van der Waals surface area contributed by atoms with Crippen LogP contribution in [0.25, 0.3) is 5.69 Å². The number of rotatable bonds is 4. The molecule has 0 aliphatic carbocycles. The van der Waals surface area contributed by atoms with Crippen molar-refractivity contribution in [2.45, 2.75) is 13.1 Å². The maximum absolute atomic E-state index is 14.3. The number of benzene rings is 1. The second-order valence-corrected chi connectivity index (χ2v) is 5.82. The first-order valence-electron chi connectivity index (χ1n) is 7.22. The van der Waals surface area contributed by atoms with E-state index in [2.05, 4.69) is 4.74 Å². The molecule has 0 fully saturated rings. The highest BCUT2D eigenvalue weighted by Gasteiger charge is 2.36. The molecule has 0 saturated heterocycles. The van der Waals surface area contributed by atoms with Gasteiger partial charge in [-0.2, -0.15) is 13.2 Å². The van der Waals surface area contributed by atoms with Gasteiger partial charge in [0.25, 0.3) is 5.56 Å². The average Bonchev–Trinajstić information content (AvgIpc) is 2.56.